The van der Waals surface area contributed by atoms with Crippen molar-refractivity contribution in [2.75, 3.05) is 13.2 Å². The summed E-state index contributed by atoms with van der Waals surface area (Å²) in [7, 11) is 0. The number of benzene rings is 1. The van der Waals surface area contributed by atoms with Gasteiger partial charge in [-0.2, -0.15) is 0 Å². The molecule has 1 aliphatic heterocycles. The molecule has 2 atom stereocenters. The summed E-state index contributed by atoms with van der Waals surface area (Å²) in [5.74, 6) is 1.96. The van der Waals surface area contributed by atoms with E-state index in [0.717, 1.165) is 43.2 Å². The molecule has 0 unspecified atom stereocenters. The standard InChI is InChI=1S/C19H28N2O2/c1-13-3-6-17(18(9-13)23-12-15-4-5-15)11-21-19(22)16-7-8-20-14(2)10-16/h3,6,9,14-16,20H,4-5,7-8,10-12H2,1-2H3,(H,21,22)/t14-,16-/m0/s1. The molecule has 1 saturated carbocycles. The largest absolute Gasteiger partial charge is 0.493 e. The van der Waals surface area contributed by atoms with E-state index in [4.69, 9.17) is 4.74 Å². The van der Waals surface area contributed by atoms with Crippen LogP contribution in [-0.2, 0) is 11.3 Å². The molecule has 4 heteroatoms. The third kappa shape index (κ3) is 4.71. The van der Waals surface area contributed by atoms with Crippen molar-refractivity contribution >= 4 is 5.91 Å². The predicted octanol–water partition coefficient (Wildman–Crippen LogP) is 2.79. The fourth-order valence-corrected chi connectivity index (χ4v) is 3.13. The van der Waals surface area contributed by atoms with Crippen molar-refractivity contribution in [2.24, 2.45) is 11.8 Å². The molecule has 1 aliphatic carbocycles. The van der Waals surface area contributed by atoms with Crippen LogP contribution in [0.5, 0.6) is 5.75 Å². The first-order chi connectivity index (χ1) is 11.1. The number of amides is 1. The van der Waals surface area contributed by atoms with Crippen LogP contribution in [0.15, 0.2) is 18.2 Å². The van der Waals surface area contributed by atoms with E-state index in [1.54, 1.807) is 0 Å². The second-order valence-corrected chi connectivity index (χ2v) is 7.16. The second-order valence-electron chi connectivity index (χ2n) is 7.16. The molecule has 0 bridgehead atoms. The first kappa shape index (κ1) is 16.3. The Balaban J connectivity index is 1.56. The van der Waals surface area contributed by atoms with Gasteiger partial charge in [0.1, 0.15) is 5.75 Å². The van der Waals surface area contributed by atoms with E-state index in [0.29, 0.717) is 12.6 Å². The van der Waals surface area contributed by atoms with E-state index in [-0.39, 0.29) is 11.8 Å². The zero-order chi connectivity index (χ0) is 16.2. The van der Waals surface area contributed by atoms with Gasteiger partial charge in [0.05, 0.1) is 6.61 Å². The highest BCUT2D eigenvalue weighted by molar-refractivity contribution is 5.78. The van der Waals surface area contributed by atoms with Gasteiger partial charge in [0.25, 0.3) is 0 Å². The SMILES string of the molecule is Cc1ccc(CNC(=O)[C@H]2CCN[C@@H](C)C2)c(OCC2CC2)c1. The molecular formula is C19H28N2O2. The van der Waals surface area contributed by atoms with E-state index in [1.165, 1.54) is 18.4 Å². The van der Waals surface area contributed by atoms with Gasteiger partial charge in [0, 0.05) is 24.1 Å². The summed E-state index contributed by atoms with van der Waals surface area (Å²) in [4.78, 5) is 12.4. The van der Waals surface area contributed by atoms with Gasteiger partial charge >= 0.3 is 0 Å². The lowest BCUT2D eigenvalue weighted by atomic mass is 9.92. The summed E-state index contributed by atoms with van der Waals surface area (Å²) in [5, 5.41) is 6.49. The van der Waals surface area contributed by atoms with Crippen LogP contribution >= 0.6 is 0 Å². The monoisotopic (exact) mass is 316 g/mol. The Kier molecular flexibility index (Phi) is 5.21. The summed E-state index contributed by atoms with van der Waals surface area (Å²) >= 11 is 0. The maximum Gasteiger partial charge on any atom is 0.223 e. The molecule has 126 valence electrons. The molecule has 1 aromatic carbocycles. The second kappa shape index (κ2) is 7.35. The molecule has 1 heterocycles. The average molecular weight is 316 g/mol. The van der Waals surface area contributed by atoms with Crippen LogP contribution in [0.25, 0.3) is 0 Å². The number of rotatable bonds is 6. The Morgan fingerprint density at radius 1 is 1.35 bits per heavy atom. The van der Waals surface area contributed by atoms with Crippen LogP contribution in [0.1, 0.15) is 43.7 Å². The van der Waals surface area contributed by atoms with E-state index >= 15 is 0 Å². The zero-order valence-corrected chi connectivity index (χ0v) is 14.2. The summed E-state index contributed by atoms with van der Waals surface area (Å²) < 4.78 is 5.98. The number of carbonyl (C=O) groups is 1. The zero-order valence-electron chi connectivity index (χ0n) is 14.2. The van der Waals surface area contributed by atoms with Crippen LogP contribution < -0.4 is 15.4 Å². The molecule has 0 radical (unpaired) electrons. The topological polar surface area (TPSA) is 50.4 Å². The number of hydrogen-bond acceptors (Lipinski definition) is 3. The molecule has 1 amide bonds. The number of hydrogen-bond donors (Lipinski definition) is 2. The normalized spacial score (nSPS) is 24.3. The lowest BCUT2D eigenvalue weighted by Gasteiger charge is -2.27. The molecule has 2 fully saturated rings. The fourth-order valence-electron chi connectivity index (χ4n) is 3.13. The van der Waals surface area contributed by atoms with Gasteiger partial charge in [-0.05, 0) is 63.6 Å². The molecule has 1 aromatic rings. The molecular weight excluding hydrogens is 288 g/mol. The highest BCUT2D eigenvalue weighted by atomic mass is 16.5. The third-order valence-electron chi connectivity index (χ3n) is 4.84. The quantitative estimate of drug-likeness (QED) is 0.848. The van der Waals surface area contributed by atoms with E-state index in [1.807, 2.05) is 0 Å². The van der Waals surface area contributed by atoms with E-state index in [9.17, 15) is 4.79 Å². The summed E-state index contributed by atoms with van der Waals surface area (Å²) in [5.41, 5.74) is 2.27. The number of ether oxygens (including phenoxy) is 1. The van der Waals surface area contributed by atoms with Crippen LogP contribution in [0, 0.1) is 18.8 Å². The number of nitrogens with one attached hydrogen (secondary N) is 2. The summed E-state index contributed by atoms with van der Waals surface area (Å²) in [6.45, 7) is 6.50. The van der Waals surface area contributed by atoms with Crippen molar-refractivity contribution in [1.29, 1.82) is 0 Å². The van der Waals surface area contributed by atoms with Crippen molar-refractivity contribution in [3.8, 4) is 5.75 Å². The summed E-state index contributed by atoms with van der Waals surface area (Å²) in [6, 6.07) is 6.66. The van der Waals surface area contributed by atoms with Gasteiger partial charge in [0.15, 0.2) is 0 Å². The van der Waals surface area contributed by atoms with Crippen molar-refractivity contribution in [3.05, 3.63) is 29.3 Å². The van der Waals surface area contributed by atoms with Crippen LogP contribution in [0.2, 0.25) is 0 Å². The Labute approximate surface area is 139 Å². The van der Waals surface area contributed by atoms with Crippen molar-refractivity contribution in [1.82, 2.24) is 10.6 Å². The van der Waals surface area contributed by atoms with Crippen molar-refractivity contribution < 1.29 is 9.53 Å². The fraction of sp³-hybridized carbons (Fsp3) is 0.632. The van der Waals surface area contributed by atoms with E-state index in [2.05, 4.69) is 42.7 Å². The van der Waals surface area contributed by atoms with Gasteiger partial charge in [-0.25, -0.2) is 0 Å². The van der Waals surface area contributed by atoms with Gasteiger partial charge in [-0.3, -0.25) is 4.79 Å². The van der Waals surface area contributed by atoms with Gasteiger partial charge in [0.2, 0.25) is 5.91 Å². The van der Waals surface area contributed by atoms with Gasteiger partial charge in [-0.1, -0.05) is 12.1 Å². The molecule has 2 N–H and O–H groups in total. The summed E-state index contributed by atoms with van der Waals surface area (Å²) in [6.07, 6.45) is 4.41. The lowest BCUT2D eigenvalue weighted by molar-refractivity contribution is -0.126. The maximum absolute atomic E-state index is 12.4. The van der Waals surface area contributed by atoms with Gasteiger partial charge < -0.3 is 15.4 Å². The Morgan fingerprint density at radius 3 is 2.91 bits per heavy atom. The van der Waals surface area contributed by atoms with E-state index < -0.39 is 0 Å². The van der Waals surface area contributed by atoms with Crippen LogP contribution in [-0.4, -0.2) is 25.1 Å². The van der Waals surface area contributed by atoms with Crippen LogP contribution in [0.4, 0.5) is 0 Å². The molecule has 0 aromatic heterocycles. The maximum atomic E-state index is 12.4. The van der Waals surface area contributed by atoms with Gasteiger partial charge in [-0.15, -0.1) is 0 Å². The minimum atomic E-state index is 0.132. The number of carbonyl (C=O) groups excluding carboxylic acids is 1. The van der Waals surface area contributed by atoms with Crippen molar-refractivity contribution in [3.63, 3.8) is 0 Å². The Bertz CT molecular complexity index is 554. The first-order valence-corrected chi connectivity index (χ1v) is 8.85. The molecule has 0 spiro atoms. The molecule has 1 saturated heterocycles. The molecule has 3 rings (SSSR count). The average Bonchev–Trinajstić information content (AvgIpc) is 3.36. The first-order valence-electron chi connectivity index (χ1n) is 8.85. The smallest absolute Gasteiger partial charge is 0.223 e. The number of piperidine rings is 1. The number of aryl methyl sites for hydroxylation is 1. The minimum Gasteiger partial charge on any atom is -0.493 e. The highest BCUT2D eigenvalue weighted by Crippen LogP contribution is 2.30. The lowest BCUT2D eigenvalue weighted by Crippen LogP contribution is -2.42. The third-order valence-corrected chi connectivity index (χ3v) is 4.84. The molecule has 2 aliphatic rings. The molecule has 4 nitrogen and oxygen atoms in total. The predicted molar refractivity (Wildman–Crippen MR) is 91.4 cm³/mol. The Morgan fingerprint density at radius 2 is 2.17 bits per heavy atom. The highest BCUT2D eigenvalue weighted by Gasteiger charge is 2.25. The molecule has 23 heavy (non-hydrogen) atoms. The van der Waals surface area contributed by atoms with Crippen molar-refractivity contribution in [2.45, 2.75) is 52.1 Å². The Hall–Kier alpha value is -1.55. The van der Waals surface area contributed by atoms with Crippen LogP contribution in [0.3, 0.4) is 0 Å². The minimum absolute atomic E-state index is 0.132.